The van der Waals surface area contributed by atoms with E-state index in [-0.39, 0.29) is 0 Å². The Morgan fingerprint density at radius 3 is 2.39 bits per heavy atom. The topological polar surface area (TPSA) is 88.1 Å². The van der Waals surface area contributed by atoms with Crippen LogP contribution in [0.15, 0.2) is 53.6 Å². The number of para-hydroxylation sites is 2. The molecule has 0 fully saturated rings. The number of hydrazone groups is 1. The lowest BCUT2D eigenvalue weighted by Gasteiger charge is -2.23. The molecule has 0 heterocycles. The lowest BCUT2D eigenvalue weighted by atomic mass is 10.1. The molecule has 0 bridgehead atoms. The number of ether oxygens (including phenoxy) is 1. The Balaban J connectivity index is 2.18. The minimum absolute atomic E-state index is 0.307. The molecule has 0 spiro atoms. The van der Waals surface area contributed by atoms with E-state index in [1.165, 1.54) is 0 Å². The molecule has 0 aliphatic rings. The van der Waals surface area contributed by atoms with Gasteiger partial charge in [0, 0.05) is 0 Å². The normalized spacial score (nSPS) is 11.8. The van der Waals surface area contributed by atoms with Crippen molar-refractivity contribution < 1.29 is 17.9 Å². The van der Waals surface area contributed by atoms with Crippen LogP contribution in [-0.2, 0) is 14.8 Å². The largest absolute Gasteiger partial charge is 0.492 e. The van der Waals surface area contributed by atoms with Crippen molar-refractivity contribution in [3.05, 3.63) is 59.7 Å². The fraction of sp³-hybridized carbons (Fsp3) is 0.300. The first-order valence-electron chi connectivity index (χ1n) is 8.82. The highest BCUT2D eigenvalue weighted by atomic mass is 32.2. The summed E-state index contributed by atoms with van der Waals surface area (Å²) in [4.78, 5) is 12.4. The average Bonchev–Trinajstić information content (AvgIpc) is 2.65. The molecule has 2 rings (SSSR count). The van der Waals surface area contributed by atoms with Gasteiger partial charge >= 0.3 is 0 Å². The van der Waals surface area contributed by atoms with Gasteiger partial charge in [-0.15, -0.1) is 0 Å². The minimum atomic E-state index is -3.71. The average molecular weight is 404 g/mol. The fourth-order valence-electron chi connectivity index (χ4n) is 2.49. The second-order valence-electron chi connectivity index (χ2n) is 6.27. The molecule has 0 atom stereocenters. The van der Waals surface area contributed by atoms with Crippen LogP contribution in [0.4, 0.5) is 5.69 Å². The highest BCUT2D eigenvalue weighted by molar-refractivity contribution is 7.92. The predicted molar refractivity (Wildman–Crippen MR) is 111 cm³/mol. The van der Waals surface area contributed by atoms with Gasteiger partial charge in [-0.2, -0.15) is 5.10 Å². The van der Waals surface area contributed by atoms with Crippen molar-refractivity contribution in [3.8, 4) is 5.75 Å². The number of amides is 1. The second-order valence-corrected chi connectivity index (χ2v) is 8.18. The molecule has 8 heteroatoms. The Hall–Kier alpha value is -2.87. The van der Waals surface area contributed by atoms with E-state index in [9.17, 15) is 13.2 Å². The fourth-order valence-corrected chi connectivity index (χ4v) is 3.35. The van der Waals surface area contributed by atoms with Crippen LogP contribution >= 0.6 is 0 Å². The zero-order chi connectivity index (χ0) is 20.7. The van der Waals surface area contributed by atoms with Crippen molar-refractivity contribution in [1.82, 2.24) is 5.43 Å². The third-order valence-corrected chi connectivity index (χ3v) is 5.07. The first kappa shape index (κ1) is 21.4. The van der Waals surface area contributed by atoms with Crippen LogP contribution in [0.1, 0.15) is 25.0 Å². The molecule has 0 aliphatic carbocycles. The van der Waals surface area contributed by atoms with Crippen LogP contribution in [0.3, 0.4) is 0 Å². The van der Waals surface area contributed by atoms with E-state index in [1.807, 2.05) is 31.2 Å². The van der Waals surface area contributed by atoms with Crippen molar-refractivity contribution in [2.45, 2.75) is 20.8 Å². The molecule has 0 saturated carbocycles. The maximum atomic E-state index is 12.4. The quantitative estimate of drug-likeness (QED) is 0.542. The molecular weight excluding hydrogens is 378 g/mol. The second kappa shape index (κ2) is 9.36. The predicted octanol–water partition coefficient (Wildman–Crippen LogP) is 2.70. The van der Waals surface area contributed by atoms with Gasteiger partial charge in [0.15, 0.2) is 0 Å². The summed E-state index contributed by atoms with van der Waals surface area (Å²) >= 11 is 0. The van der Waals surface area contributed by atoms with Gasteiger partial charge in [-0.3, -0.25) is 9.10 Å². The molecule has 0 unspecified atom stereocenters. The van der Waals surface area contributed by atoms with E-state index >= 15 is 0 Å². The number of rotatable bonds is 8. The SMILES string of the molecule is CCOc1ccccc1N(CC(=O)N/N=C(/C)c1ccc(C)cc1)S(C)(=O)=O. The number of nitrogens with zero attached hydrogens (tertiary/aromatic N) is 2. The zero-order valence-electron chi connectivity index (χ0n) is 16.5. The molecule has 28 heavy (non-hydrogen) atoms. The zero-order valence-corrected chi connectivity index (χ0v) is 17.3. The first-order valence-corrected chi connectivity index (χ1v) is 10.7. The summed E-state index contributed by atoms with van der Waals surface area (Å²) in [6.07, 6.45) is 1.05. The van der Waals surface area contributed by atoms with Crippen LogP contribution in [-0.4, -0.2) is 39.4 Å². The first-order chi connectivity index (χ1) is 13.2. The number of carbonyl (C=O) groups is 1. The van der Waals surface area contributed by atoms with Gasteiger partial charge in [0.1, 0.15) is 12.3 Å². The maximum absolute atomic E-state index is 12.4. The van der Waals surface area contributed by atoms with E-state index < -0.39 is 22.5 Å². The molecule has 7 nitrogen and oxygen atoms in total. The minimum Gasteiger partial charge on any atom is -0.492 e. The third kappa shape index (κ3) is 5.82. The summed E-state index contributed by atoms with van der Waals surface area (Å²) < 4.78 is 31.0. The third-order valence-electron chi connectivity index (χ3n) is 3.94. The Bertz CT molecular complexity index is 954. The van der Waals surface area contributed by atoms with Crippen LogP contribution < -0.4 is 14.5 Å². The molecule has 0 radical (unpaired) electrons. The van der Waals surface area contributed by atoms with E-state index in [1.54, 1.807) is 38.1 Å². The van der Waals surface area contributed by atoms with Gasteiger partial charge in [-0.05, 0) is 38.5 Å². The van der Waals surface area contributed by atoms with E-state index in [4.69, 9.17) is 4.74 Å². The molecule has 150 valence electrons. The Kier molecular flexibility index (Phi) is 7.17. The standard InChI is InChI=1S/C20H25N3O4S/c1-5-27-19-9-7-6-8-18(19)23(28(4,25)26)14-20(24)22-21-16(3)17-12-10-15(2)11-13-17/h6-13H,5,14H2,1-4H3,(H,22,24)/b21-16-. The molecule has 0 saturated heterocycles. The number of hydrogen-bond acceptors (Lipinski definition) is 5. The highest BCUT2D eigenvalue weighted by Crippen LogP contribution is 2.29. The van der Waals surface area contributed by atoms with Gasteiger partial charge in [0.2, 0.25) is 10.0 Å². The van der Waals surface area contributed by atoms with Crippen molar-refractivity contribution >= 4 is 27.3 Å². The van der Waals surface area contributed by atoms with Crippen molar-refractivity contribution in [3.63, 3.8) is 0 Å². The molecule has 1 N–H and O–H groups in total. The Labute approximate surface area is 166 Å². The summed E-state index contributed by atoms with van der Waals surface area (Å²) in [5, 5.41) is 4.08. The number of benzene rings is 2. The number of hydrogen-bond donors (Lipinski definition) is 1. The summed E-state index contributed by atoms with van der Waals surface area (Å²) in [5.41, 5.74) is 5.34. The van der Waals surface area contributed by atoms with Crippen LogP contribution in [0, 0.1) is 6.92 Å². The van der Waals surface area contributed by atoms with E-state index in [2.05, 4.69) is 10.5 Å². The van der Waals surface area contributed by atoms with Crippen LogP contribution in [0.5, 0.6) is 5.75 Å². The van der Waals surface area contributed by atoms with E-state index in [0.29, 0.717) is 23.8 Å². The smallest absolute Gasteiger partial charge is 0.260 e. The summed E-state index contributed by atoms with van der Waals surface area (Å²) in [6, 6.07) is 14.4. The number of carbonyl (C=O) groups excluding carboxylic acids is 1. The summed E-state index contributed by atoms with van der Waals surface area (Å²) in [5.74, 6) is -0.161. The van der Waals surface area contributed by atoms with Crippen LogP contribution in [0.25, 0.3) is 0 Å². The van der Waals surface area contributed by atoms with Gasteiger partial charge in [-0.1, -0.05) is 42.0 Å². The molecular formula is C20H25N3O4S. The van der Waals surface area contributed by atoms with Gasteiger partial charge < -0.3 is 4.74 Å². The van der Waals surface area contributed by atoms with Gasteiger partial charge in [0.05, 0.1) is 24.3 Å². The number of nitrogens with one attached hydrogen (secondary N) is 1. The highest BCUT2D eigenvalue weighted by Gasteiger charge is 2.23. The maximum Gasteiger partial charge on any atom is 0.260 e. The van der Waals surface area contributed by atoms with Gasteiger partial charge in [0.25, 0.3) is 5.91 Å². The molecule has 0 aromatic heterocycles. The molecule has 0 aliphatic heterocycles. The lowest BCUT2D eigenvalue weighted by molar-refractivity contribution is -0.119. The molecule has 2 aromatic carbocycles. The summed E-state index contributed by atoms with van der Waals surface area (Å²) in [7, 11) is -3.71. The van der Waals surface area contributed by atoms with E-state index in [0.717, 1.165) is 21.7 Å². The van der Waals surface area contributed by atoms with Crippen molar-refractivity contribution in [2.75, 3.05) is 23.7 Å². The van der Waals surface area contributed by atoms with Crippen LogP contribution in [0.2, 0.25) is 0 Å². The Morgan fingerprint density at radius 2 is 1.79 bits per heavy atom. The summed E-state index contributed by atoms with van der Waals surface area (Å²) in [6.45, 7) is 5.52. The number of sulfonamides is 1. The molecule has 1 amide bonds. The molecule has 2 aromatic rings. The Morgan fingerprint density at radius 1 is 1.14 bits per heavy atom. The number of aryl methyl sites for hydroxylation is 1. The van der Waals surface area contributed by atoms with Gasteiger partial charge in [-0.25, -0.2) is 13.8 Å². The van der Waals surface area contributed by atoms with Crippen molar-refractivity contribution in [2.24, 2.45) is 5.10 Å². The lowest BCUT2D eigenvalue weighted by Crippen LogP contribution is -2.39. The number of anilines is 1. The van der Waals surface area contributed by atoms with Crippen molar-refractivity contribution in [1.29, 1.82) is 0 Å². The monoisotopic (exact) mass is 403 g/mol.